The van der Waals surface area contributed by atoms with E-state index in [1.807, 2.05) is 26.8 Å². The van der Waals surface area contributed by atoms with Crippen LogP contribution in [0.25, 0.3) is 11.0 Å². The fourth-order valence-corrected chi connectivity index (χ4v) is 3.82. The highest BCUT2D eigenvalue weighted by Gasteiger charge is 2.32. The van der Waals surface area contributed by atoms with Crippen LogP contribution in [0.4, 0.5) is 13.2 Å². The lowest BCUT2D eigenvalue weighted by atomic mass is 9.99. The average molecular weight is 463 g/mol. The number of hydrogen-bond donors (Lipinski definition) is 0. The maximum absolute atomic E-state index is 13.4. The van der Waals surface area contributed by atoms with Crippen molar-refractivity contribution in [2.45, 2.75) is 66.2 Å². The van der Waals surface area contributed by atoms with Crippen molar-refractivity contribution in [2.75, 3.05) is 6.61 Å². The number of halogens is 3. The smallest absolute Gasteiger partial charge is 0.416 e. The number of benzene rings is 2. The van der Waals surface area contributed by atoms with Crippen LogP contribution in [-0.2, 0) is 35.2 Å². The summed E-state index contributed by atoms with van der Waals surface area (Å²) in [6, 6.07) is 7.56. The van der Waals surface area contributed by atoms with Crippen LogP contribution >= 0.6 is 0 Å². The van der Waals surface area contributed by atoms with Gasteiger partial charge in [-0.25, -0.2) is 0 Å². The first-order valence-electron chi connectivity index (χ1n) is 11.1. The van der Waals surface area contributed by atoms with E-state index in [0.29, 0.717) is 47.5 Å². The molecule has 0 fully saturated rings. The van der Waals surface area contributed by atoms with Gasteiger partial charge in [-0.2, -0.15) is 13.2 Å². The molecular weight excluding hydrogens is 433 g/mol. The Morgan fingerprint density at radius 3 is 2.42 bits per heavy atom. The first-order chi connectivity index (χ1) is 15.6. The van der Waals surface area contributed by atoms with E-state index in [2.05, 4.69) is 0 Å². The van der Waals surface area contributed by atoms with Gasteiger partial charge in [-0.15, -0.1) is 0 Å². The maximum atomic E-state index is 13.4. The van der Waals surface area contributed by atoms with E-state index >= 15 is 0 Å². The first-order valence-corrected chi connectivity index (χ1v) is 11.1. The molecule has 0 atom stereocenters. The third-order valence-corrected chi connectivity index (χ3v) is 5.70. The zero-order valence-electron chi connectivity index (χ0n) is 19.4. The zero-order chi connectivity index (χ0) is 24.2. The van der Waals surface area contributed by atoms with Crippen molar-refractivity contribution in [1.29, 1.82) is 0 Å². The van der Waals surface area contributed by atoms with E-state index in [4.69, 9.17) is 13.9 Å². The van der Waals surface area contributed by atoms with Gasteiger partial charge < -0.3 is 13.9 Å². The lowest BCUT2D eigenvalue weighted by molar-refractivity contribution is -0.143. The molecule has 0 aliphatic heterocycles. The first kappa shape index (κ1) is 24.7. The standard InChI is InChI=1S/C26H29F3O4/c1-5-7-22-14-19-12-21(26(27,28)29)13-20(25(19)33-22)15-32-23-10-8-18(16(3)17(23)4)9-11-24(30)31-6-2/h8,10,12-14H,5-7,9,11,15H2,1-4H3. The fourth-order valence-electron chi connectivity index (χ4n) is 3.82. The summed E-state index contributed by atoms with van der Waals surface area (Å²) in [5.41, 5.74) is 2.92. The van der Waals surface area contributed by atoms with E-state index < -0.39 is 11.7 Å². The quantitative estimate of drug-likeness (QED) is 0.318. The molecule has 0 saturated heterocycles. The molecule has 33 heavy (non-hydrogen) atoms. The van der Waals surface area contributed by atoms with Crippen LogP contribution in [0.1, 0.15) is 60.3 Å². The second kappa shape index (κ2) is 10.3. The molecule has 0 bridgehead atoms. The summed E-state index contributed by atoms with van der Waals surface area (Å²) in [6.45, 7) is 7.88. The van der Waals surface area contributed by atoms with Gasteiger partial charge in [0.15, 0.2) is 0 Å². The third-order valence-electron chi connectivity index (χ3n) is 5.70. The van der Waals surface area contributed by atoms with E-state index in [1.165, 1.54) is 0 Å². The Hall–Kier alpha value is -2.96. The number of ether oxygens (including phenoxy) is 2. The third kappa shape index (κ3) is 5.89. The van der Waals surface area contributed by atoms with Crippen molar-refractivity contribution in [3.05, 3.63) is 63.9 Å². The number of furan rings is 1. The van der Waals surface area contributed by atoms with Crippen molar-refractivity contribution < 1.29 is 31.9 Å². The van der Waals surface area contributed by atoms with Crippen LogP contribution in [-0.4, -0.2) is 12.6 Å². The Labute approximate surface area is 191 Å². The van der Waals surface area contributed by atoms with Crippen LogP contribution in [0.5, 0.6) is 5.75 Å². The van der Waals surface area contributed by atoms with E-state index in [9.17, 15) is 18.0 Å². The van der Waals surface area contributed by atoms with Gasteiger partial charge in [0.25, 0.3) is 0 Å². The number of rotatable bonds is 9. The normalized spacial score (nSPS) is 11.7. The van der Waals surface area contributed by atoms with Gasteiger partial charge in [0.05, 0.1) is 12.2 Å². The molecule has 0 amide bonds. The molecule has 4 nitrogen and oxygen atoms in total. The molecule has 3 rings (SSSR count). The Morgan fingerprint density at radius 2 is 1.76 bits per heavy atom. The predicted molar refractivity (Wildman–Crippen MR) is 120 cm³/mol. The van der Waals surface area contributed by atoms with Crippen LogP contribution in [0, 0.1) is 13.8 Å². The van der Waals surface area contributed by atoms with Crippen molar-refractivity contribution in [3.63, 3.8) is 0 Å². The summed E-state index contributed by atoms with van der Waals surface area (Å²) in [5, 5.41) is 0.425. The fraction of sp³-hybridized carbons (Fsp3) is 0.423. The summed E-state index contributed by atoms with van der Waals surface area (Å²) < 4.78 is 57.1. The van der Waals surface area contributed by atoms with Gasteiger partial charge in [-0.05, 0) is 74.6 Å². The number of hydrogen-bond acceptors (Lipinski definition) is 4. The predicted octanol–water partition coefficient (Wildman–Crippen LogP) is 7.10. The lowest BCUT2D eigenvalue weighted by Crippen LogP contribution is -2.08. The molecule has 0 saturated carbocycles. The van der Waals surface area contributed by atoms with E-state index in [-0.39, 0.29) is 19.0 Å². The van der Waals surface area contributed by atoms with Crippen LogP contribution in [0.2, 0.25) is 0 Å². The van der Waals surface area contributed by atoms with Gasteiger partial charge >= 0.3 is 12.1 Å². The Morgan fingerprint density at radius 1 is 1.00 bits per heavy atom. The number of carbonyl (C=O) groups excluding carboxylic acids is 1. The highest BCUT2D eigenvalue weighted by molar-refractivity contribution is 5.82. The number of aryl methyl sites for hydroxylation is 2. The molecule has 2 aromatic carbocycles. The SMILES string of the molecule is CCCc1cc2cc(C(F)(F)F)cc(COc3ccc(CCC(=O)OCC)c(C)c3C)c2o1. The molecule has 1 aromatic heterocycles. The van der Waals surface area contributed by atoms with Gasteiger partial charge in [0, 0.05) is 23.8 Å². The minimum atomic E-state index is -4.46. The van der Waals surface area contributed by atoms with E-state index in [0.717, 1.165) is 35.2 Å². The Bertz CT molecular complexity index is 1130. The number of esters is 1. The molecule has 3 aromatic rings. The topological polar surface area (TPSA) is 48.7 Å². The molecule has 0 unspecified atom stereocenters. The molecule has 0 aliphatic carbocycles. The van der Waals surface area contributed by atoms with Crippen LogP contribution < -0.4 is 4.74 Å². The molecular formula is C26H29F3O4. The van der Waals surface area contributed by atoms with Crippen LogP contribution in [0.15, 0.2) is 34.7 Å². The lowest BCUT2D eigenvalue weighted by Gasteiger charge is -2.15. The zero-order valence-corrected chi connectivity index (χ0v) is 19.4. The number of carbonyl (C=O) groups is 1. The van der Waals surface area contributed by atoms with Gasteiger partial charge in [0.1, 0.15) is 23.7 Å². The second-order valence-electron chi connectivity index (χ2n) is 8.08. The Kier molecular flexibility index (Phi) is 7.72. The van der Waals surface area contributed by atoms with Crippen molar-refractivity contribution in [2.24, 2.45) is 0 Å². The Balaban J connectivity index is 1.84. The summed E-state index contributed by atoms with van der Waals surface area (Å²) in [7, 11) is 0. The number of fused-ring (bicyclic) bond motifs is 1. The summed E-state index contributed by atoms with van der Waals surface area (Å²) in [5.74, 6) is 0.994. The molecule has 0 radical (unpaired) electrons. The highest BCUT2D eigenvalue weighted by atomic mass is 19.4. The van der Waals surface area contributed by atoms with E-state index in [1.54, 1.807) is 19.1 Å². The molecule has 0 N–H and O–H groups in total. The average Bonchev–Trinajstić information content (AvgIpc) is 3.16. The molecule has 0 aliphatic rings. The molecule has 1 heterocycles. The largest absolute Gasteiger partial charge is 0.488 e. The maximum Gasteiger partial charge on any atom is 0.416 e. The molecule has 7 heteroatoms. The van der Waals surface area contributed by atoms with Crippen LogP contribution in [0.3, 0.4) is 0 Å². The second-order valence-corrected chi connectivity index (χ2v) is 8.08. The van der Waals surface area contributed by atoms with Crippen molar-refractivity contribution >= 4 is 16.9 Å². The monoisotopic (exact) mass is 462 g/mol. The highest BCUT2D eigenvalue weighted by Crippen LogP contribution is 2.35. The van der Waals surface area contributed by atoms with Gasteiger partial charge in [0.2, 0.25) is 0 Å². The summed E-state index contributed by atoms with van der Waals surface area (Å²) in [6.07, 6.45) is -2.14. The molecule has 178 valence electrons. The van der Waals surface area contributed by atoms with Crippen molar-refractivity contribution in [1.82, 2.24) is 0 Å². The number of alkyl halides is 3. The minimum absolute atomic E-state index is 0.0536. The summed E-state index contributed by atoms with van der Waals surface area (Å²) >= 11 is 0. The van der Waals surface area contributed by atoms with Gasteiger partial charge in [-0.1, -0.05) is 13.0 Å². The minimum Gasteiger partial charge on any atom is -0.488 e. The molecule has 0 spiro atoms. The van der Waals surface area contributed by atoms with Gasteiger partial charge in [-0.3, -0.25) is 4.79 Å². The summed E-state index contributed by atoms with van der Waals surface area (Å²) in [4.78, 5) is 11.7. The van der Waals surface area contributed by atoms with Crippen molar-refractivity contribution in [3.8, 4) is 5.75 Å².